The molecule has 0 fully saturated rings. The number of carbonyl (C=O) groups excluding carboxylic acids is 2. The van der Waals surface area contributed by atoms with Crippen LogP contribution in [0.3, 0.4) is 0 Å². The van der Waals surface area contributed by atoms with E-state index in [2.05, 4.69) is 34.6 Å². The molecule has 3 N–H and O–H groups in total. The molecule has 0 radical (unpaired) electrons. The third-order valence-corrected chi connectivity index (χ3v) is 5.44. The van der Waals surface area contributed by atoms with Crippen molar-refractivity contribution in [1.29, 1.82) is 0 Å². The van der Waals surface area contributed by atoms with E-state index in [9.17, 15) is 14.7 Å². The van der Waals surface area contributed by atoms with Crippen LogP contribution in [0.1, 0.15) is 35.3 Å². The summed E-state index contributed by atoms with van der Waals surface area (Å²) in [6.45, 7) is 5.95. The number of hydrogen-bond acceptors (Lipinski definition) is 6. The molecule has 0 aromatic heterocycles. The lowest BCUT2D eigenvalue weighted by atomic mass is 10.1. The highest BCUT2D eigenvalue weighted by molar-refractivity contribution is 6.05. The zero-order valence-electron chi connectivity index (χ0n) is 20.6. The number of nitrogens with zero attached hydrogens (tertiary/aromatic N) is 2. The molecule has 3 aromatic rings. The maximum atomic E-state index is 13.0. The second kappa shape index (κ2) is 12.8. The van der Waals surface area contributed by atoms with E-state index in [1.807, 2.05) is 30.3 Å². The van der Waals surface area contributed by atoms with Crippen LogP contribution in [0.4, 0.5) is 5.69 Å². The molecule has 36 heavy (non-hydrogen) atoms. The number of aromatic hydroxyl groups is 1. The van der Waals surface area contributed by atoms with E-state index in [1.165, 1.54) is 19.4 Å². The standard InChI is InChI=1S/C28H30N4O4/c1-4-32(5-2)23-14-11-20(12-15-23)17-24(30-27(34)22-9-7-6-8-10-22)28(35)31-29-19-21-13-16-26(36-3)25(33)18-21/h6-19,33H,4-5H2,1-3H3,(H,30,34)(H,31,35)/b24-17-,29-19-. The molecule has 0 aliphatic rings. The number of benzene rings is 3. The molecule has 0 atom stereocenters. The van der Waals surface area contributed by atoms with Crippen LogP contribution < -0.4 is 20.4 Å². The molecule has 8 heteroatoms. The van der Waals surface area contributed by atoms with E-state index in [1.54, 1.807) is 42.5 Å². The van der Waals surface area contributed by atoms with Gasteiger partial charge in [0.25, 0.3) is 11.8 Å². The second-order valence-electron chi connectivity index (χ2n) is 7.77. The topological polar surface area (TPSA) is 103 Å². The summed E-state index contributed by atoms with van der Waals surface area (Å²) >= 11 is 0. The quantitative estimate of drug-likeness (QED) is 0.227. The number of rotatable bonds is 10. The molecular weight excluding hydrogens is 456 g/mol. The highest BCUT2D eigenvalue weighted by Gasteiger charge is 2.14. The highest BCUT2D eigenvalue weighted by Crippen LogP contribution is 2.25. The van der Waals surface area contributed by atoms with Crippen LogP contribution in [0.2, 0.25) is 0 Å². The fourth-order valence-electron chi connectivity index (χ4n) is 3.49. The molecule has 3 rings (SSSR count). The summed E-state index contributed by atoms with van der Waals surface area (Å²) in [5.74, 6) is -0.726. The van der Waals surface area contributed by atoms with Crippen molar-refractivity contribution in [2.24, 2.45) is 5.10 Å². The summed E-state index contributed by atoms with van der Waals surface area (Å²) in [5.41, 5.74) is 5.26. The zero-order valence-corrected chi connectivity index (χ0v) is 20.6. The van der Waals surface area contributed by atoms with Gasteiger partial charge in [-0.1, -0.05) is 30.3 Å². The first-order valence-electron chi connectivity index (χ1n) is 11.6. The number of amides is 2. The Kier molecular flexibility index (Phi) is 9.22. The first-order valence-corrected chi connectivity index (χ1v) is 11.6. The van der Waals surface area contributed by atoms with Crippen molar-refractivity contribution >= 4 is 29.8 Å². The summed E-state index contributed by atoms with van der Waals surface area (Å²) in [5, 5.41) is 16.6. The molecule has 0 bridgehead atoms. The Morgan fingerprint density at radius 3 is 2.25 bits per heavy atom. The largest absolute Gasteiger partial charge is 0.504 e. The zero-order chi connectivity index (χ0) is 25.9. The molecule has 0 saturated carbocycles. The summed E-state index contributed by atoms with van der Waals surface area (Å²) < 4.78 is 5.02. The van der Waals surface area contributed by atoms with Crippen LogP contribution in [0.25, 0.3) is 6.08 Å². The Hall–Kier alpha value is -4.59. The lowest BCUT2D eigenvalue weighted by Crippen LogP contribution is -2.32. The van der Waals surface area contributed by atoms with Gasteiger partial charge >= 0.3 is 0 Å². The van der Waals surface area contributed by atoms with Gasteiger partial charge in [-0.25, -0.2) is 5.43 Å². The van der Waals surface area contributed by atoms with Crippen LogP contribution >= 0.6 is 0 Å². The van der Waals surface area contributed by atoms with Crippen LogP contribution in [0.15, 0.2) is 83.6 Å². The van der Waals surface area contributed by atoms with Crippen molar-refractivity contribution in [1.82, 2.24) is 10.7 Å². The molecule has 0 spiro atoms. The maximum Gasteiger partial charge on any atom is 0.287 e. The van der Waals surface area contributed by atoms with E-state index in [-0.39, 0.29) is 11.4 Å². The van der Waals surface area contributed by atoms with E-state index >= 15 is 0 Å². The Labute approximate surface area is 210 Å². The predicted molar refractivity (Wildman–Crippen MR) is 142 cm³/mol. The molecule has 0 unspecified atom stereocenters. The first kappa shape index (κ1) is 26.0. The highest BCUT2D eigenvalue weighted by atomic mass is 16.5. The van der Waals surface area contributed by atoms with Crippen LogP contribution in [0, 0.1) is 0 Å². The minimum atomic E-state index is -0.596. The van der Waals surface area contributed by atoms with Crippen molar-refractivity contribution in [3.63, 3.8) is 0 Å². The fraction of sp³-hybridized carbons (Fsp3) is 0.179. The Balaban J connectivity index is 1.81. The number of ether oxygens (including phenoxy) is 1. The summed E-state index contributed by atoms with van der Waals surface area (Å²) in [7, 11) is 1.46. The number of methoxy groups -OCH3 is 1. The molecule has 3 aromatic carbocycles. The average molecular weight is 487 g/mol. The molecule has 186 valence electrons. The lowest BCUT2D eigenvalue weighted by molar-refractivity contribution is -0.117. The van der Waals surface area contributed by atoms with Crippen molar-refractivity contribution in [2.45, 2.75) is 13.8 Å². The van der Waals surface area contributed by atoms with Gasteiger partial charge in [-0.05, 0) is 73.5 Å². The van der Waals surface area contributed by atoms with E-state index in [0.29, 0.717) is 16.9 Å². The normalized spacial score (nSPS) is 11.2. The number of hydrogen-bond donors (Lipinski definition) is 3. The smallest absolute Gasteiger partial charge is 0.287 e. The Bertz CT molecular complexity index is 1230. The fourth-order valence-corrected chi connectivity index (χ4v) is 3.49. The van der Waals surface area contributed by atoms with Gasteiger partial charge in [-0.3, -0.25) is 9.59 Å². The minimum Gasteiger partial charge on any atom is -0.504 e. The number of phenols is 1. The van der Waals surface area contributed by atoms with Crippen molar-refractivity contribution in [2.75, 3.05) is 25.1 Å². The number of nitrogens with one attached hydrogen (secondary N) is 2. The summed E-state index contributed by atoms with van der Waals surface area (Å²) in [6.07, 6.45) is 2.98. The van der Waals surface area contributed by atoms with Gasteiger partial charge in [0.15, 0.2) is 11.5 Å². The first-order chi connectivity index (χ1) is 17.4. The molecule has 2 amide bonds. The monoisotopic (exact) mass is 486 g/mol. The van der Waals surface area contributed by atoms with Gasteiger partial charge in [-0.2, -0.15) is 5.10 Å². The summed E-state index contributed by atoms with van der Waals surface area (Å²) in [6, 6.07) is 21.1. The van der Waals surface area contributed by atoms with Gasteiger partial charge in [0.2, 0.25) is 0 Å². The van der Waals surface area contributed by atoms with Crippen molar-refractivity contribution in [3.8, 4) is 11.5 Å². The number of hydrazone groups is 1. The Morgan fingerprint density at radius 1 is 0.972 bits per heavy atom. The number of phenolic OH excluding ortho intramolecular Hbond substituents is 1. The van der Waals surface area contributed by atoms with E-state index < -0.39 is 11.8 Å². The maximum absolute atomic E-state index is 13.0. The second-order valence-corrected chi connectivity index (χ2v) is 7.77. The molecular formula is C28H30N4O4. The average Bonchev–Trinajstić information content (AvgIpc) is 2.90. The van der Waals surface area contributed by atoms with Gasteiger partial charge in [-0.15, -0.1) is 0 Å². The molecule has 0 saturated heterocycles. The third kappa shape index (κ3) is 6.96. The van der Waals surface area contributed by atoms with Gasteiger partial charge in [0.05, 0.1) is 13.3 Å². The van der Waals surface area contributed by atoms with Gasteiger partial charge < -0.3 is 20.1 Å². The molecule has 0 aliphatic carbocycles. The molecule has 8 nitrogen and oxygen atoms in total. The molecule has 0 heterocycles. The number of carbonyl (C=O) groups is 2. The van der Waals surface area contributed by atoms with E-state index in [0.717, 1.165) is 24.3 Å². The third-order valence-electron chi connectivity index (χ3n) is 5.44. The van der Waals surface area contributed by atoms with Crippen molar-refractivity contribution in [3.05, 3.63) is 95.2 Å². The van der Waals surface area contributed by atoms with Crippen molar-refractivity contribution < 1.29 is 19.4 Å². The molecule has 0 aliphatic heterocycles. The van der Waals surface area contributed by atoms with Crippen LogP contribution in [-0.2, 0) is 4.79 Å². The van der Waals surface area contributed by atoms with Gasteiger partial charge in [0, 0.05) is 24.3 Å². The lowest BCUT2D eigenvalue weighted by Gasteiger charge is -2.20. The Morgan fingerprint density at radius 2 is 1.64 bits per heavy atom. The predicted octanol–water partition coefficient (Wildman–Crippen LogP) is 4.17. The van der Waals surface area contributed by atoms with E-state index in [4.69, 9.17) is 4.74 Å². The van der Waals surface area contributed by atoms with Crippen LogP contribution in [-0.4, -0.2) is 43.3 Å². The van der Waals surface area contributed by atoms with Crippen LogP contribution in [0.5, 0.6) is 11.5 Å². The van der Waals surface area contributed by atoms with Gasteiger partial charge in [0.1, 0.15) is 5.70 Å². The summed E-state index contributed by atoms with van der Waals surface area (Å²) in [4.78, 5) is 27.9. The minimum absolute atomic E-state index is 0.0363. The number of anilines is 1. The SMILES string of the molecule is CCN(CC)c1ccc(/C=C(\NC(=O)c2ccccc2)C(=O)N/N=C\c2ccc(OC)c(O)c2)cc1.